The fourth-order valence-electron chi connectivity index (χ4n) is 16.7. The molecule has 710 valence electrons. The van der Waals surface area contributed by atoms with Gasteiger partial charge in [0.25, 0.3) is 0 Å². The molecule has 49 heteroatoms. The first kappa shape index (κ1) is 100. The minimum atomic E-state index is -5.23. The molecule has 4 N–H and O–H groups in total. The lowest BCUT2D eigenvalue weighted by Crippen LogP contribution is -2.61. The van der Waals surface area contributed by atoms with Crippen molar-refractivity contribution in [3.05, 3.63) is 175 Å². The number of hydrogen-bond acceptors (Lipinski definition) is 35. The van der Waals surface area contributed by atoms with E-state index in [0.717, 1.165) is 11.1 Å². The molecule has 4 aromatic carbocycles. The second-order valence-corrected chi connectivity index (χ2v) is 36.7. The zero-order valence-corrected chi connectivity index (χ0v) is 74.1. The van der Waals surface area contributed by atoms with Crippen LogP contribution in [0.5, 0.6) is 0 Å². The molecule has 8 aliphatic rings. The summed E-state index contributed by atoms with van der Waals surface area (Å²) in [5.41, 5.74) is 33.8. The van der Waals surface area contributed by atoms with E-state index in [4.69, 9.17) is 111 Å². The first-order valence-electron chi connectivity index (χ1n) is 41.6. The second-order valence-electron chi connectivity index (χ2n) is 32.4. The summed E-state index contributed by atoms with van der Waals surface area (Å²) in [4.78, 5) is 9.39. The number of ether oxygens (including phenoxy) is 20. The quantitative estimate of drug-likeness (QED) is 0.0139. The Kier molecular flexibility index (Phi) is 36.8. The molecule has 0 radical (unpaired) electrons. The topological polar surface area (TPSA) is 585 Å². The third kappa shape index (κ3) is 29.0. The second kappa shape index (κ2) is 46.9. The molecule has 8 saturated heterocycles. The highest BCUT2D eigenvalue weighted by molar-refractivity contribution is 7.81. The third-order valence-electron chi connectivity index (χ3n) is 23.6. The zero-order valence-electron chi connectivity index (χ0n) is 70.8. The van der Waals surface area contributed by atoms with Crippen LogP contribution in [0.1, 0.15) is 89.5 Å². The minimum Gasteiger partial charge on any atom is -0.373 e. The summed E-state index contributed by atoms with van der Waals surface area (Å²) in [6, 6.07) is 32.7. The Balaban J connectivity index is 0.752. The Morgan fingerprint density at radius 1 is 0.336 bits per heavy atom. The lowest BCUT2D eigenvalue weighted by atomic mass is 9.84. The van der Waals surface area contributed by atoms with Gasteiger partial charge in [-0.05, 0) is 62.5 Å². The Morgan fingerprint density at radius 3 is 0.852 bits per heavy atom. The molecular formula is C79H109N9O36S4. The van der Waals surface area contributed by atoms with Crippen molar-refractivity contribution in [1.29, 1.82) is 0 Å². The lowest BCUT2D eigenvalue weighted by Gasteiger charge is -2.49. The van der Waals surface area contributed by atoms with E-state index in [0.29, 0.717) is 17.7 Å². The van der Waals surface area contributed by atoms with Crippen LogP contribution in [0.25, 0.3) is 31.3 Å². The maximum absolute atomic E-state index is 12.5. The van der Waals surface area contributed by atoms with Crippen LogP contribution in [0.15, 0.2) is 137 Å². The normalized spacial score (nSPS) is 36.3. The van der Waals surface area contributed by atoms with E-state index < -0.39 is 246 Å². The highest BCUT2D eigenvalue weighted by Crippen LogP contribution is 2.43. The molecular weight excluding hydrogens is 1780 g/mol. The highest BCUT2D eigenvalue weighted by atomic mass is 32.3. The molecule has 8 heterocycles. The summed E-state index contributed by atoms with van der Waals surface area (Å²) in [7, 11) is -19.0. The summed E-state index contributed by atoms with van der Waals surface area (Å²) in [6.45, 7) is 6.53. The van der Waals surface area contributed by atoms with Gasteiger partial charge in [0.1, 0.15) is 42.7 Å². The van der Waals surface area contributed by atoms with Crippen molar-refractivity contribution in [1.82, 2.24) is 0 Å². The summed E-state index contributed by atoms with van der Waals surface area (Å²) >= 11 is 0. The standard InChI is InChI=1S/C79H109N9O36S4/c1-44-32-106-65(28-54(44)102-33-50-20-12-8-13-21-50)122-73-47(4)69(83-86-80)77(118-62(73)41-111-126(92,93)94)115-59-38-108-67(30-56(59)104-35-52-24-16-10-17-25-52)124-75-49(6)71(85-88-82)79(120-64(75)43-113-128(98,99)100)116-60-39-109-68(31-57(60)105-36-53-26-18-11-19-27-53)123-74-48(5)70(84-87-81)78(119-63(74)42-112-127(95,96)97)114-58-37-107-66(29-55(58)103-34-51-22-14-9-15-23-51)121-72-45(2)46(3)76(101-7)117-61(72)40-110-125(89,90)91/h8-27,44-49,54-79H,28-43H2,1-7H3,(H,89,90,91)(H,92,93,94)(H,95,96,97)(H,98,99,100)/t44-,45-,46?,47-,48-,49-,54+,55+,56+,57+,58?,59-,60+,61?,62?,63?,64?,65+,66+,67+,68+,69?,70?,71?,72+,73+,74+,75+,76+,77?,78-,79-/m1/s1. The molecule has 8 aliphatic heterocycles. The number of nitrogens with zero attached hydrogens (tertiary/aromatic N) is 9. The molecule has 8 fully saturated rings. The lowest BCUT2D eigenvalue weighted by molar-refractivity contribution is -0.347. The van der Waals surface area contributed by atoms with E-state index in [9.17, 15) is 68.5 Å². The van der Waals surface area contributed by atoms with Crippen molar-refractivity contribution < 1.29 is 163 Å². The summed E-state index contributed by atoms with van der Waals surface area (Å²) in [6.07, 6.45) is -27.4. The van der Waals surface area contributed by atoms with Gasteiger partial charge in [-0.3, -0.25) is 18.2 Å². The summed E-state index contributed by atoms with van der Waals surface area (Å²) < 4.78 is 286. The molecule has 12 rings (SSSR count). The van der Waals surface area contributed by atoms with Crippen LogP contribution >= 0.6 is 0 Å². The van der Waals surface area contributed by atoms with Crippen molar-refractivity contribution >= 4 is 41.6 Å². The molecule has 4 aromatic rings. The summed E-state index contributed by atoms with van der Waals surface area (Å²) in [5, 5.41) is 12.3. The van der Waals surface area contributed by atoms with Gasteiger partial charge in [-0.15, -0.1) is 0 Å². The molecule has 32 atom stereocenters. The largest absolute Gasteiger partial charge is 0.397 e. The molecule has 0 bridgehead atoms. The van der Waals surface area contributed by atoms with Crippen molar-refractivity contribution in [3.63, 3.8) is 0 Å². The molecule has 128 heavy (non-hydrogen) atoms. The third-order valence-corrected chi connectivity index (χ3v) is 25.4. The Hall–Kier alpha value is -6.51. The van der Waals surface area contributed by atoms with Gasteiger partial charge in [0.2, 0.25) is 0 Å². The number of methoxy groups -OCH3 is 1. The van der Waals surface area contributed by atoms with Gasteiger partial charge in [-0.2, -0.15) is 33.7 Å². The fourth-order valence-corrected chi connectivity index (χ4v) is 17.9. The van der Waals surface area contributed by atoms with Gasteiger partial charge in [-0.1, -0.05) is 178 Å². The van der Waals surface area contributed by atoms with E-state index in [1.165, 1.54) is 7.11 Å². The van der Waals surface area contributed by atoms with Gasteiger partial charge < -0.3 is 94.7 Å². The Labute approximate surface area is 740 Å². The maximum Gasteiger partial charge on any atom is 0.397 e. The van der Waals surface area contributed by atoms with Crippen LogP contribution in [0, 0.1) is 35.5 Å². The monoisotopic (exact) mass is 1890 g/mol. The first-order chi connectivity index (χ1) is 61.2. The van der Waals surface area contributed by atoms with E-state index in [1.54, 1.807) is 81.4 Å². The molecule has 0 spiro atoms. The van der Waals surface area contributed by atoms with Gasteiger partial charge in [-0.25, -0.2) is 16.7 Å². The predicted molar refractivity (Wildman–Crippen MR) is 437 cm³/mol. The zero-order chi connectivity index (χ0) is 91.5. The van der Waals surface area contributed by atoms with Crippen LogP contribution in [-0.2, 0) is 179 Å². The summed E-state index contributed by atoms with van der Waals surface area (Å²) in [5.74, 6) is -3.64. The van der Waals surface area contributed by atoms with Gasteiger partial charge in [0, 0.05) is 59.4 Å². The first-order valence-corrected chi connectivity index (χ1v) is 47.1. The van der Waals surface area contributed by atoms with Crippen LogP contribution in [0.2, 0.25) is 0 Å². The van der Waals surface area contributed by atoms with Crippen molar-refractivity contribution in [2.24, 2.45) is 50.9 Å². The van der Waals surface area contributed by atoms with Crippen molar-refractivity contribution in [3.8, 4) is 0 Å². The van der Waals surface area contributed by atoms with E-state index in [-0.39, 0.29) is 89.2 Å². The SMILES string of the molecule is CO[C@H]1OC(COS(=O)(=O)O)[C@@H](O[C@H]2C[C@H](OCc3ccccc3)C(O[C@@H]3OC(COS(=O)(=O)O)[C@@H](O[C@H]4C[C@H](OCc5ccccc5)[C@@H](O[C@@H]5OC(COS(=O)(=O)O)[C@@H](O[C@H]6C[C@H](OCc7ccccc7)[C@H](OC7OC(COS(=O)(=O)O)[C@@H](O[C@H]8C[C@H](OCc9ccccc9)[C@H](C)CO8)[C@H](C)C7N=[N+]=[N-])CO6)[C@H](C)C5N=[N+]=[N-])CO4)[C@H](C)C3N=[N+]=[N-])CO2)[C@H](C)C1C. The van der Waals surface area contributed by atoms with Crippen LogP contribution in [-0.4, -0.2) is 272 Å². The average Bonchev–Trinajstić information content (AvgIpc) is 0.821. The van der Waals surface area contributed by atoms with E-state index in [1.807, 2.05) is 81.4 Å². The van der Waals surface area contributed by atoms with E-state index >= 15 is 0 Å². The van der Waals surface area contributed by atoms with Gasteiger partial charge >= 0.3 is 41.6 Å². The number of rotatable bonds is 42. The molecule has 10 unspecified atom stereocenters. The number of benzene rings is 4. The number of hydrogen-bond donors (Lipinski definition) is 4. The van der Waals surface area contributed by atoms with Crippen molar-refractivity contribution in [2.75, 3.05) is 60.0 Å². The predicted octanol–water partition coefficient (Wildman–Crippen LogP) is 8.69. The average molecular weight is 1890 g/mol. The molecule has 0 aliphatic carbocycles. The maximum atomic E-state index is 12.5. The molecule has 45 nitrogen and oxygen atoms in total. The van der Waals surface area contributed by atoms with E-state index in [2.05, 4.69) is 30.1 Å². The van der Waals surface area contributed by atoms with Crippen LogP contribution in [0.4, 0.5) is 0 Å². The Morgan fingerprint density at radius 2 is 0.586 bits per heavy atom. The highest BCUT2D eigenvalue weighted by Gasteiger charge is 2.55. The van der Waals surface area contributed by atoms with Gasteiger partial charge in [0.05, 0.1) is 146 Å². The van der Waals surface area contributed by atoms with Crippen LogP contribution < -0.4 is 0 Å². The molecule has 0 saturated carbocycles. The fraction of sp³-hybridized carbons (Fsp3) is 0.696. The molecule has 0 amide bonds. The smallest absolute Gasteiger partial charge is 0.373 e. The van der Waals surface area contributed by atoms with Crippen LogP contribution in [0.3, 0.4) is 0 Å². The Bertz CT molecular complexity index is 4770. The van der Waals surface area contributed by atoms with Crippen molar-refractivity contribution in [2.45, 2.75) is 254 Å². The number of azide groups is 3. The molecule has 0 aromatic heterocycles. The van der Waals surface area contributed by atoms with Gasteiger partial charge in [0.15, 0.2) is 50.3 Å². The minimum absolute atomic E-state index is 0.0280.